The molecule has 4 nitrogen and oxygen atoms in total. The number of likely N-dealkylation sites (tertiary alicyclic amines) is 1. The van der Waals surface area contributed by atoms with Crippen molar-refractivity contribution in [1.82, 2.24) is 10.2 Å². The van der Waals surface area contributed by atoms with E-state index in [1.165, 1.54) is 0 Å². The summed E-state index contributed by atoms with van der Waals surface area (Å²) in [7, 11) is 0. The summed E-state index contributed by atoms with van der Waals surface area (Å²) < 4.78 is 0. The van der Waals surface area contributed by atoms with Crippen LogP contribution in [0, 0.1) is 16.7 Å². The van der Waals surface area contributed by atoms with E-state index >= 15 is 0 Å². The van der Waals surface area contributed by atoms with Gasteiger partial charge in [-0.2, -0.15) is 5.26 Å². The fourth-order valence-corrected chi connectivity index (χ4v) is 2.15. The van der Waals surface area contributed by atoms with E-state index in [0.29, 0.717) is 6.54 Å². The van der Waals surface area contributed by atoms with Gasteiger partial charge in [-0.25, -0.2) is 0 Å². The summed E-state index contributed by atoms with van der Waals surface area (Å²) in [6, 6.07) is 2.31. The fourth-order valence-electron chi connectivity index (χ4n) is 2.15. The first kappa shape index (κ1) is 15.0. The molecule has 18 heavy (non-hydrogen) atoms. The molecule has 1 aliphatic heterocycles. The van der Waals surface area contributed by atoms with Gasteiger partial charge in [0.25, 0.3) is 0 Å². The van der Waals surface area contributed by atoms with Gasteiger partial charge in [0.15, 0.2) is 0 Å². The maximum absolute atomic E-state index is 11.7. The number of carbonyl (C=O) groups excluding carboxylic acids is 1. The second kappa shape index (κ2) is 7.38. The molecule has 0 aromatic carbocycles. The summed E-state index contributed by atoms with van der Waals surface area (Å²) >= 11 is 0. The zero-order chi connectivity index (χ0) is 13.4. The first-order valence-corrected chi connectivity index (χ1v) is 6.95. The number of carbonyl (C=O) groups is 1. The highest BCUT2D eigenvalue weighted by Gasteiger charge is 2.17. The SMILES string of the molecule is CC(C)(C#N)CCCCNCC(=O)N1CCCC1. The highest BCUT2D eigenvalue weighted by Crippen LogP contribution is 2.21. The Morgan fingerprint density at radius 3 is 2.61 bits per heavy atom. The van der Waals surface area contributed by atoms with Crippen molar-refractivity contribution in [2.45, 2.75) is 46.0 Å². The minimum absolute atomic E-state index is 0.217. The second-order valence-corrected chi connectivity index (χ2v) is 5.72. The molecule has 0 radical (unpaired) electrons. The third-order valence-electron chi connectivity index (χ3n) is 3.44. The van der Waals surface area contributed by atoms with Crippen LogP contribution in [0.5, 0.6) is 0 Å². The topological polar surface area (TPSA) is 56.1 Å². The van der Waals surface area contributed by atoms with E-state index in [-0.39, 0.29) is 11.3 Å². The highest BCUT2D eigenvalue weighted by atomic mass is 16.2. The lowest BCUT2D eigenvalue weighted by atomic mass is 9.89. The Hall–Kier alpha value is -1.08. The molecule has 4 heteroatoms. The van der Waals surface area contributed by atoms with E-state index in [4.69, 9.17) is 5.26 Å². The first-order valence-electron chi connectivity index (χ1n) is 6.95. The Kier molecular flexibility index (Phi) is 6.14. The first-order chi connectivity index (χ1) is 8.55. The average molecular weight is 251 g/mol. The van der Waals surface area contributed by atoms with Crippen molar-refractivity contribution in [3.63, 3.8) is 0 Å². The zero-order valence-corrected chi connectivity index (χ0v) is 11.7. The van der Waals surface area contributed by atoms with E-state index in [1.54, 1.807) is 0 Å². The minimum atomic E-state index is -0.217. The van der Waals surface area contributed by atoms with Gasteiger partial charge < -0.3 is 10.2 Å². The van der Waals surface area contributed by atoms with Gasteiger partial charge in [0.2, 0.25) is 5.91 Å². The van der Waals surface area contributed by atoms with Crippen molar-refractivity contribution in [3.05, 3.63) is 0 Å². The molecule has 0 aromatic rings. The molecule has 0 aliphatic carbocycles. The largest absolute Gasteiger partial charge is 0.342 e. The van der Waals surface area contributed by atoms with Crippen LogP contribution in [0.25, 0.3) is 0 Å². The normalized spacial score (nSPS) is 15.7. The third-order valence-corrected chi connectivity index (χ3v) is 3.44. The molecule has 0 aromatic heterocycles. The molecule has 0 bridgehead atoms. The van der Waals surface area contributed by atoms with Gasteiger partial charge in [-0.05, 0) is 46.1 Å². The molecule has 1 saturated heterocycles. The van der Waals surface area contributed by atoms with Crippen molar-refractivity contribution >= 4 is 5.91 Å². The van der Waals surface area contributed by atoms with Crippen LogP contribution in [0.3, 0.4) is 0 Å². The minimum Gasteiger partial charge on any atom is -0.342 e. The molecule has 1 heterocycles. The number of nitrogens with zero attached hydrogens (tertiary/aromatic N) is 2. The van der Waals surface area contributed by atoms with E-state index in [0.717, 1.165) is 51.7 Å². The standard InChI is InChI=1S/C14H25N3O/c1-14(2,12-15)7-3-4-8-16-11-13(18)17-9-5-6-10-17/h16H,3-11H2,1-2H3. The zero-order valence-electron chi connectivity index (χ0n) is 11.7. The number of rotatable bonds is 7. The smallest absolute Gasteiger partial charge is 0.236 e. The van der Waals surface area contributed by atoms with E-state index in [2.05, 4.69) is 11.4 Å². The summed E-state index contributed by atoms with van der Waals surface area (Å²) in [5, 5.41) is 12.1. The molecular formula is C14H25N3O. The maximum Gasteiger partial charge on any atom is 0.236 e. The van der Waals surface area contributed by atoms with Gasteiger partial charge >= 0.3 is 0 Å². The lowest BCUT2D eigenvalue weighted by Crippen LogP contribution is -2.36. The monoisotopic (exact) mass is 251 g/mol. The Morgan fingerprint density at radius 1 is 1.33 bits per heavy atom. The summed E-state index contributed by atoms with van der Waals surface area (Å²) in [5.74, 6) is 0.227. The number of hydrogen-bond acceptors (Lipinski definition) is 3. The summed E-state index contributed by atoms with van der Waals surface area (Å²) in [6.45, 7) is 7.12. The Labute approximate surface area is 110 Å². The van der Waals surface area contributed by atoms with E-state index < -0.39 is 0 Å². The number of nitriles is 1. The quantitative estimate of drug-likeness (QED) is 0.703. The molecular weight excluding hydrogens is 226 g/mol. The molecule has 0 unspecified atom stereocenters. The van der Waals surface area contributed by atoms with Gasteiger partial charge in [-0.15, -0.1) is 0 Å². The van der Waals surface area contributed by atoms with Crippen molar-refractivity contribution in [3.8, 4) is 6.07 Å². The van der Waals surface area contributed by atoms with Gasteiger partial charge in [0, 0.05) is 13.1 Å². The Balaban J connectivity index is 1.99. The van der Waals surface area contributed by atoms with Crippen LogP contribution in [-0.2, 0) is 4.79 Å². The number of unbranched alkanes of at least 4 members (excludes halogenated alkanes) is 1. The van der Waals surface area contributed by atoms with Crippen molar-refractivity contribution in [2.75, 3.05) is 26.2 Å². The maximum atomic E-state index is 11.7. The molecule has 0 spiro atoms. The predicted molar refractivity (Wildman–Crippen MR) is 71.9 cm³/mol. The summed E-state index contributed by atoms with van der Waals surface area (Å²) in [5.41, 5.74) is -0.217. The molecule has 1 fully saturated rings. The van der Waals surface area contributed by atoms with Crippen molar-refractivity contribution < 1.29 is 4.79 Å². The molecule has 0 saturated carbocycles. The highest BCUT2D eigenvalue weighted by molar-refractivity contribution is 5.78. The van der Waals surface area contributed by atoms with E-state index in [9.17, 15) is 4.79 Å². The van der Waals surface area contributed by atoms with Crippen molar-refractivity contribution in [1.29, 1.82) is 5.26 Å². The van der Waals surface area contributed by atoms with Crippen LogP contribution in [0.4, 0.5) is 0 Å². The Morgan fingerprint density at radius 2 is 2.00 bits per heavy atom. The van der Waals surface area contributed by atoms with Crippen LogP contribution < -0.4 is 5.32 Å². The van der Waals surface area contributed by atoms with Crippen LogP contribution in [-0.4, -0.2) is 37.0 Å². The number of nitrogens with one attached hydrogen (secondary N) is 1. The van der Waals surface area contributed by atoms with Gasteiger partial charge in [-0.3, -0.25) is 4.79 Å². The lowest BCUT2D eigenvalue weighted by molar-refractivity contribution is -0.129. The molecule has 102 valence electrons. The molecule has 1 N–H and O–H groups in total. The summed E-state index contributed by atoms with van der Waals surface area (Å²) in [6.07, 6.45) is 5.28. The molecule has 1 rings (SSSR count). The van der Waals surface area contributed by atoms with Gasteiger partial charge in [0.05, 0.1) is 18.0 Å². The van der Waals surface area contributed by atoms with E-state index in [1.807, 2.05) is 18.7 Å². The molecule has 1 aliphatic rings. The summed E-state index contributed by atoms with van der Waals surface area (Å²) in [4.78, 5) is 13.6. The third kappa shape index (κ3) is 5.50. The second-order valence-electron chi connectivity index (χ2n) is 5.72. The fraction of sp³-hybridized carbons (Fsp3) is 0.857. The van der Waals surface area contributed by atoms with Crippen LogP contribution in [0.15, 0.2) is 0 Å². The van der Waals surface area contributed by atoms with Crippen LogP contribution in [0.1, 0.15) is 46.0 Å². The van der Waals surface area contributed by atoms with Gasteiger partial charge in [0.1, 0.15) is 0 Å². The number of hydrogen-bond donors (Lipinski definition) is 1. The molecule has 0 atom stereocenters. The van der Waals surface area contributed by atoms with Gasteiger partial charge in [-0.1, -0.05) is 6.42 Å². The van der Waals surface area contributed by atoms with Crippen LogP contribution >= 0.6 is 0 Å². The number of amides is 1. The molecule has 1 amide bonds. The predicted octanol–water partition coefficient (Wildman–Crippen LogP) is 1.92. The lowest BCUT2D eigenvalue weighted by Gasteiger charge is -2.16. The van der Waals surface area contributed by atoms with Crippen molar-refractivity contribution in [2.24, 2.45) is 5.41 Å². The van der Waals surface area contributed by atoms with Crippen LogP contribution in [0.2, 0.25) is 0 Å². The Bertz CT molecular complexity index is 301. The average Bonchev–Trinajstić information content (AvgIpc) is 2.87.